The lowest BCUT2D eigenvalue weighted by Crippen LogP contribution is -2.27. The van der Waals surface area contributed by atoms with Crippen molar-refractivity contribution in [3.05, 3.63) is 54.6 Å². The van der Waals surface area contributed by atoms with E-state index < -0.39 is 6.55 Å². The van der Waals surface area contributed by atoms with Gasteiger partial charge in [0, 0.05) is 12.7 Å². The summed E-state index contributed by atoms with van der Waals surface area (Å²) in [6.45, 7) is -2.71. The Labute approximate surface area is 142 Å². The van der Waals surface area contributed by atoms with Gasteiger partial charge in [0.2, 0.25) is 5.91 Å². The molecule has 0 saturated carbocycles. The van der Waals surface area contributed by atoms with Crippen molar-refractivity contribution in [1.29, 1.82) is 0 Å². The molecule has 2 aromatic carbocycles. The average molecular weight is 347 g/mol. The summed E-state index contributed by atoms with van der Waals surface area (Å²) < 4.78 is 27.6. The number of hydrogen-bond donors (Lipinski definition) is 0. The van der Waals surface area contributed by atoms with Crippen LogP contribution in [-0.4, -0.2) is 28.3 Å². The standard InChI is InChI=1S/C17H15F2N3OS/c1-21(12-7-3-2-4-8-12)15(23)11-24-17-20-13-9-5-6-10-14(13)22(17)16(18)19/h2-10,16H,11H2,1H3. The Morgan fingerprint density at radius 2 is 1.83 bits per heavy atom. The molecule has 0 aliphatic rings. The third kappa shape index (κ3) is 3.26. The van der Waals surface area contributed by atoms with E-state index in [1.54, 1.807) is 31.3 Å². The maximum absolute atomic E-state index is 13.4. The molecule has 24 heavy (non-hydrogen) atoms. The van der Waals surface area contributed by atoms with E-state index in [1.807, 2.05) is 30.3 Å². The quantitative estimate of drug-likeness (QED) is 0.650. The number of carbonyl (C=O) groups excluding carboxylic acids is 1. The summed E-state index contributed by atoms with van der Waals surface area (Å²) in [6, 6.07) is 15.9. The molecule has 0 aliphatic heterocycles. The number of anilines is 1. The van der Waals surface area contributed by atoms with Crippen LogP contribution in [0.5, 0.6) is 0 Å². The number of halogens is 2. The van der Waals surface area contributed by atoms with Gasteiger partial charge in [-0.3, -0.25) is 9.36 Å². The highest BCUT2D eigenvalue weighted by atomic mass is 32.2. The van der Waals surface area contributed by atoms with E-state index in [0.717, 1.165) is 22.0 Å². The molecule has 0 unspecified atom stereocenters. The van der Waals surface area contributed by atoms with Gasteiger partial charge >= 0.3 is 6.55 Å². The number of aromatic nitrogens is 2. The fourth-order valence-electron chi connectivity index (χ4n) is 2.33. The van der Waals surface area contributed by atoms with Gasteiger partial charge in [-0.25, -0.2) is 4.98 Å². The Balaban J connectivity index is 1.78. The summed E-state index contributed by atoms with van der Waals surface area (Å²) in [5, 5.41) is 0.140. The number of carbonyl (C=O) groups is 1. The van der Waals surface area contributed by atoms with E-state index >= 15 is 0 Å². The van der Waals surface area contributed by atoms with Crippen molar-refractivity contribution in [2.75, 3.05) is 17.7 Å². The van der Waals surface area contributed by atoms with Crippen LogP contribution in [0.4, 0.5) is 14.5 Å². The lowest BCUT2D eigenvalue weighted by Gasteiger charge is -2.17. The maximum atomic E-state index is 13.4. The highest BCUT2D eigenvalue weighted by Gasteiger charge is 2.19. The summed E-state index contributed by atoms with van der Waals surface area (Å²) >= 11 is 1.01. The SMILES string of the molecule is CN(C(=O)CSc1nc2ccccc2n1C(F)F)c1ccccc1. The van der Waals surface area contributed by atoms with Gasteiger partial charge in [0.25, 0.3) is 0 Å². The molecule has 0 atom stereocenters. The molecule has 0 fully saturated rings. The number of benzene rings is 2. The number of nitrogens with zero attached hydrogens (tertiary/aromatic N) is 3. The highest BCUT2D eigenvalue weighted by molar-refractivity contribution is 7.99. The second-order valence-electron chi connectivity index (χ2n) is 5.11. The van der Waals surface area contributed by atoms with Gasteiger partial charge in [-0.05, 0) is 24.3 Å². The van der Waals surface area contributed by atoms with Gasteiger partial charge in [-0.1, -0.05) is 42.1 Å². The molecule has 0 saturated heterocycles. The molecule has 1 heterocycles. The second-order valence-corrected chi connectivity index (χ2v) is 6.05. The lowest BCUT2D eigenvalue weighted by molar-refractivity contribution is -0.115. The van der Waals surface area contributed by atoms with Crippen molar-refractivity contribution in [1.82, 2.24) is 9.55 Å². The molecule has 124 valence electrons. The van der Waals surface area contributed by atoms with E-state index in [9.17, 15) is 13.6 Å². The van der Waals surface area contributed by atoms with Crippen molar-refractivity contribution in [3.8, 4) is 0 Å². The van der Waals surface area contributed by atoms with E-state index in [0.29, 0.717) is 11.0 Å². The lowest BCUT2D eigenvalue weighted by atomic mass is 10.3. The average Bonchev–Trinajstić information content (AvgIpc) is 2.98. The van der Waals surface area contributed by atoms with Crippen LogP contribution in [0.3, 0.4) is 0 Å². The Morgan fingerprint density at radius 3 is 2.54 bits per heavy atom. The fourth-order valence-corrected chi connectivity index (χ4v) is 3.26. The minimum Gasteiger partial charge on any atom is -0.315 e. The first-order valence-electron chi connectivity index (χ1n) is 7.27. The van der Waals surface area contributed by atoms with Gasteiger partial charge in [0.1, 0.15) is 0 Å². The second kappa shape index (κ2) is 7.00. The summed E-state index contributed by atoms with van der Waals surface area (Å²) in [4.78, 5) is 18.0. The highest BCUT2D eigenvalue weighted by Crippen LogP contribution is 2.29. The first-order valence-corrected chi connectivity index (χ1v) is 8.26. The molecule has 7 heteroatoms. The third-order valence-corrected chi connectivity index (χ3v) is 4.54. The monoisotopic (exact) mass is 347 g/mol. The Hall–Kier alpha value is -2.41. The zero-order valence-corrected chi connectivity index (χ0v) is 13.7. The first-order chi connectivity index (χ1) is 11.6. The van der Waals surface area contributed by atoms with Crippen LogP contribution < -0.4 is 4.90 Å². The van der Waals surface area contributed by atoms with Crippen LogP contribution in [0.2, 0.25) is 0 Å². The van der Waals surface area contributed by atoms with Crippen LogP contribution in [0.25, 0.3) is 11.0 Å². The molecule has 4 nitrogen and oxygen atoms in total. The number of fused-ring (bicyclic) bond motifs is 1. The summed E-state index contributed by atoms with van der Waals surface area (Å²) in [5.41, 5.74) is 1.61. The van der Waals surface area contributed by atoms with Gasteiger partial charge in [-0.2, -0.15) is 8.78 Å². The molecule has 1 amide bonds. The molecule has 0 bridgehead atoms. The molecule has 0 radical (unpaired) electrons. The fraction of sp³-hybridized carbons (Fsp3) is 0.176. The predicted molar refractivity (Wildman–Crippen MR) is 91.6 cm³/mol. The van der Waals surface area contributed by atoms with E-state index in [2.05, 4.69) is 4.98 Å². The largest absolute Gasteiger partial charge is 0.321 e. The number of hydrogen-bond acceptors (Lipinski definition) is 3. The zero-order chi connectivity index (χ0) is 17.1. The minimum atomic E-state index is -2.71. The summed E-state index contributed by atoms with van der Waals surface area (Å²) in [6.07, 6.45) is 0. The van der Waals surface area contributed by atoms with Crippen molar-refractivity contribution in [3.63, 3.8) is 0 Å². The van der Waals surface area contributed by atoms with E-state index in [4.69, 9.17) is 0 Å². The molecule has 0 spiro atoms. The van der Waals surface area contributed by atoms with Crippen molar-refractivity contribution in [2.45, 2.75) is 11.7 Å². The van der Waals surface area contributed by atoms with E-state index in [1.165, 1.54) is 4.90 Å². The Bertz CT molecular complexity index is 851. The van der Waals surface area contributed by atoms with Crippen molar-refractivity contribution in [2.24, 2.45) is 0 Å². The predicted octanol–water partition coefficient (Wildman–Crippen LogP) is 4.19. The van der Waals surface area contributed by atoms with Crippen molar-refractivity contribution < 1.29 is 13.6 Å². The Kier molecular flexibility index (Phi) is 4.80. The van der Waals surface area contributed by atoms with Gasteiger partial charge in [0.05, 0.1) is 16.8 Å². The van der Waals surface area contributed by atoms with Gasteiger partial charge in [-0.15, -0.1) is 0 Å². The van der Waals surface area contributed by atoms with Crippen LogP contribution in [0, 0.1) is 0 Å². The van der Waals surface area contributed by atoms with Gasteiger partial charge in [0.15, 0.2) is 5.16 Å². The molecular formula is C17H15F2N3OS. The molecule has 0 aliphatic carbocycles. The van der Waals surface area contributed by atoms with Crippen LogP contribution in [-0.2, 0) is 4.79 Å². The van der Waals surface area contributed by atoms with Crippen LogP contribution in [0.1, 0.15) is 6.55 Å². The number of para-hydroxylation sites is 3. The minimum absolute atomic E-state index is 0.0292. The molecule has 1 aromatic heterocycles. The van der Waals surface area contributed by atoms with Crippen LogP contribution in [0.15, 0.2) is 59.8 Å². The summed E-state index contributed by atoms with van der Waals surface area (Å²) in [7, 11) is 1.66. The first kappa shape index (κ1) is 16.4. The number of alkyl halides is 2. The third-order valence-electron chi connectivity index (χ3n) is 3.60. The smallest absolute Gasteiger partial charge is 0.315 e. The normalized spacial score (nSPS) is 11.2. The topological polar surface area (TPSA) is 38.1 Å². The number of imidazole rings is 1. The van der Waals surface area contributed by atoms with E-state index in [-0.39, 0.29) is 16.8 Å². The number of amides is 1. The number of rotatable bonds is 5. The maximum Gasteiger partial charge on any atom is 0.321 e. The van der Waals surface area contributed by atoms with Crippen molar-refractivity contribution >= 4 is 34.4 Å². The summed E-state index contributed by atoms with van der Waals surface area (Å²) in [5.74, 6) is -0.152. The number of thioether (sulfide) groups is 1. The van der Waals surface area contributed by atoms with Gasteiger partial charge < -0.3 is 4.90 Å². The van der Waals surface area contributed by atoms with Crippen LogP contribution >= 0.6 is 11.8 Å². The molecule has 3 aromatic rings. The molecule has 0 N–H and O–H groups in total. The Morgan fingerprint density at radius 1 is 1.17 bits per heavy atom. The molecular weight excluding hydrogens is 332 g/mol. The zero-order valence-electron chi connectivity index (χ0n) is 12.9. The molecule has 3 rings (SSSR count).